The summed E-state index contributed by atoms with van der Waals surface area (Å²) < 4.78 is 5.27. The third kappa shape index (κ3) is 2.38. The van der Waals surface area contributed by atoms with Crippen molar-refractivity contribution in [3.05, 3.63) is 10.1 Å². The summed E-state index contributed by atoms with van der Waals surface area (Å²) in [6.07, 6.45) is 2.30. The number of unbranched alkanes of at least 4 members (excludes halogenated alkanes) is 1. The molecule has 1 N–H and O–H groups in total. The summed E-state index contributed by atoms with van der Waals surface area (Å²) in [6.45, 7) is 3.50. The van der Waals surface area contributed by atoms with Gasteiger partial charge in [-0.05, 0) is 6.42 Å². The Morgan fingerprint density at radius 3 is 2.92 bits per heavy atom. The Morgan fingerprint density at radius 1 is 1.69 bits per heavy atom. The number of morpholine rings is 1. The summed E-state index contributed by atoms with van der Waals surface area (Å²) in [5.41, 5.74) is -1.16. The summed E-state index contributed by atoms with van der Waals surface area (Å²) in [4.78, 5) is 10.5. The zero-order valence-corrected chi connectivity index (χ0v) is 7.91. The highest BCUT2D eigenvalue weighted by atomic mass is 16.7. The van der Waals surface area contributed by atoms with Gasteiger partial charge in [0, 0.05) is 13.0 Å². The van der Waals surface area contributed by atoms with Crippen molar-refractivity contribution >= 4 is 0 Å². The molecule has 0 aromatic heterocycles. The summed E-state index contributed by atoms with van der Waals surface area (Å²) in [6, 6.07) is 0. The van der Waals surface area contributed by atoms with Crippen molar-refractivity contribution in [3.63, 3.8) is 0 Å². The minimum absolute atomic E-state index is 0.297. The highest BCUT2D eigenvalue weighted by Crippen LogP contribution is 2.21. The summed E-state index contributed by atoms with van der Waals surface area (Å²) in [5.74, 6) is 0. The van der Waals surface area contributed by atoms with E-state index in [-0.39, 0.29) is 4.92 Å². The Hall–Kier alpha value is -0.680. The van der Waals surface area contributed by atoms with Crippen molar-refractivity contribution in [1.82, 2.24) is 5.32 Å². The lowest BCUT2D eigenvalue weighted by atomic mass is 10.1. The lowest BCUT2D eigenvalue weighted by molar-refractivity contribution is -0.632. The molecule has 1 aliphatic rings. The molecule has 0 radical (unpaired) electrons. The maximum atomic E-state index is 10.8. The van der Waals surface area contributed by atoms with Crippen LogP contribution in [0.5, 0.6) is 0 Å². The Balaban J connectivity index is 2.56. The molecule has 1 rings (SSSR count). The largest absolute Gasteiger partial charge is 0.337 e. The smallest absolute Gasteiger partial charge is 0.312 e. The summed E-state index contributed by atoms with van der Waals surface area (Å²) >= 11 is 0. The van der Waals surface area contributed by atoms with Gasteiger partial charge in [-0.1, -0.05) is 13.3 Å². The van der Waals surface area contributed by atoms with Crippen molar-refractivity contribution in [2.45, 2.75) is 31.9 Å². The molecule has 0 aromatic rings. The van der Waals surface area contributed by atoms with Gasteiger partial charge >= 0.3 is 5.72 Å². The molecule has 0 bridgehead atoms. The third-order valence-electron chi connectivity index (χ3n) is 2.30. The van der Waals surface area contributed by atoms with Gasteiger partial charge in [0.25, 0.3) is 0 Å². The fraction of sp³-hybridized carbons (Fsp3) is 1.00. The molecule has 1 unspecified atom stereocenters. The van der Waals surface area contributed by atoms with Crippen LogP contribution in [-0.4, -0.2) is 30.3 Å². The average Bonchev–Trinajstić information content (AvgIpc) is 2.16. The van der Waals surface area contributed by atoms with Gasteiger partial charge in [0.15, 0.2) is 0 Å². The van der Waals surface area contributed by atoms with Crippen molar-refractivity contribution in [1.29, 1.82) is 0 Å². The van der Waals surface area contributed by atoms with E-state index in [1.165, 1.54) is 0 Å². The topological polar surface area (TPSA) is 64.4 Å². The molecule has 5 nitrogen and oxygen atoms in total. The molecule has 0 amide bonds. The molecule has 76 valence electrons. The van der Waals surface area contributed by atoms with Crippen molar-refractivity contribution in [2.75, 3.05) is 19.7 Å². The zero-order chi connectivity index (χ0) is 9.73. The van der Waals surface area contributed by atoms with Crippen LogP contribution in [-0.2, 0) is 4.74 Å². The molecule has 0 aliphatic carbocycles. The predicted molar refractivity (Wildman–Crippen MR) is 48.1 cm³/mol. The van der Waals surface area contributed by atoms with Crippen molar-refractivity contribution < 1.29 is 9.66 Å². The van der Waals surface area contributed by atoms with Crippen LogP contribution in [0.15, 0.2) is 0 Å². The lowest BCUT2D eigenvalue weighted by Gasteiger charge is -2.29. The lowest BCUT2D eigenvalue weighted by Crippen LogP contribution is -2.54. The highest BCUT2D eigenvalue weighted by molar-refractivity contribution is 4.75. The molecule has 1 fully saturated rings. The van der Waals surface area contributed by atoms with Crippen LogP contribution >= 0.6 is 0 Å². The van der Waals surface area contributed by atoms with E-state index in [9.17, 15) is 10.1 Å². The molecular weight excluding hydrogens is 172 g/mol. The highest BCUT2D eigenvalue weighted by Gasteiger charge is 2.44. The number of hydrogen-bond acceptors (Lipinski definition) is 4. The Labute approximate surface area is 77.6 Å². The minimum Gasteiger partial charge on any atom is -0.312 e. The summed E-state index contributed by atoms with van der Waals surface area (Å²) in [5, 5.41) is 13.8. The van der Waals surface area contributed by atoms with E-state index >= 15 is 0 Å². The Morgan fingerprint density at radius 2 is 2.46 bits per heavy atom. The van der Waals surface area contributed by atoms with E-state index in [4.69, 9.17) is 4.74 Å². The first-order valence-corrected chi connectivity index (χ1v) is 4.70. The number of nitrogens with zero attached hydrogens (tertiary/aromatic N) is 1. The number of rotatable bonds is 4. The first-order chi connectivity index (χ1) is 6.21. The van der Waals surface area contributed by atoms with Crippen LogP contribution in [0, 0.1) is 10.1 Å². The van der Waals surface area contributed by atoms with E-state index in [0.717, 1.165) is 12.8 Å². The van der Waals surface area contributed by atoms with E-state index in [0.29, 0.717) is 26.1 Å². The molecule has 0 spiro atoms. The van der Waals surface area contributed by atoms with Gasteiger partial charge in [-0.25, -0.2) is 0 Å². The molecule has 0 saturated carbocycles. The van der Waals surface area contributed by atoms with Crippen LogP contribution in [0.1, 0.15) is 26.2 Å². The first-order valence-electron chi connectivity index (χ1n) is 4.70. The van der Waals surface area contributed by atoms with Gasteiger partial charge in [0.05, 0.1) is 18.1 Å². The monoisotopic (exact) mass is 188 g/mol. The second kappa shape index (κ2) is 4.53. The molecule has 13 heavy (non-hydrogen) atoms. The van der Waals surface area contributed by atoms with Gasteiger partial charge in [0.1, 0.15) is 0 Å². The van der Waals surface area contributed by atoms with E-state index in [1.807, 2.05) is 6.92 Å². The van der Waals surface area contributed by atoms with E-state index < -0.39 is 5.72 Å². The Bertz CT molecular complexity index is 178. The molecule has 1 atom stereocenters. The minimum atomic E-state index is -1.16. The van der Waals surface area contributed by atoms with Crippen LogP contribution in [0.3, 0.4) is 0 Å². The zero-order valence-electron chi connectivity index (χ0n) is 7.91. The Kier molecular flexibility index (Phi) is 3.62. The average molecular weight is 188 g/mol. The second-order valence-corrected chi connectivity index (χ2v) is 3.33. The standard InChI is InChI=1S/C8H16N2O3/c1-2-3-4-8(10(11)12)7-9-5-6-13-8/h9H,2-7H2,1H3. The number of hydrogen-bond donors (Lipinski definition) is 1. The van der Waals surface area contributed by atoms with Gasteiger partial charge in [-0.15, -0.1) is 0 Å². The van der Waals surface area contributed by atoms with E-state index in [1.54, 1.807) is 0 Å². The molecule has 5 heteroatoms. The maximum absolute atomic E-state index is 10.8. The molecule has 0 aromatic carbocycles. The quantitative estimate of drug-likeness (QED) is 0.522. The van der Waals surface area contributed by atoms with Crippen LogP contribution < -0.4 is 5.32 Å². The maximum Gasteiger partial charge on any atom is 0.337 e. The van der Waals surface area contributed by atoms with Gasteiger partial charge in [-0.3, -0.25) is 10.1 Å². The van der Waals surface area contributed by atoms with Gasteiger partial charge in [0.2, 0.25) is 0 Å². The van der Waals surface area contributed by atoms with Crippen molar-refractivity contribution in [3.8, 4) is 0 Å². The van der Waals surface area contributed by atoms with Crippen LogP contribution in [0.25, 0.3) is 0 Å². The summed E-state index contributed by atoms with van der Waals surface area (Å²) in [7, 11) is 0. The van der Waals surface area contributed by atoms with Crippen LogP contribution in [0.4, 0.5) is 0 Å². The first kappa shape index (κ1) is 10.4. The third-order valence-corrected chi connectivity index (χ3v) is 2.30. The number of ether oxygens (including phenoxy) is 1. The van der Waals surface area contributed by atoms with Crippen molar-refractivity contribution in [2.24, 2.45) is 0 Å². The van der Waals surface area contributed by atoms with E-state index in [2.05, 4.69) is 5.32 Å². The number of nitrogens with one attached hydrogen (secondary N) is 1. The normalized spacial score (nSPS) is 28.7. The van der Waals surface area contributed by atoms with Crippen LogP contribution in [0.2, 0.25) is 0 Å². The fourth-order valence-corrected chi connectivity index (χ4v) is 1.47. The molecule has 1 saturated heterocycles. The molecule has 1 heterocycles. The van der Waals surface area contributed by atoms with Gasteiger partial charge in [-0.2, -0.15) is 0 Å². The fourth-order valence-electron chi connectivity index (χ4n) is 1.47. The molecule has 1 aliphatic heterocycles. The number of nitro groups is 1. The SMILES string of the molecule is CCCCC1([N+](=O)[O-])CNCCO1. The second-order valence-electron chi connectivity index (χ2n) is 3.33. The molecular formula is C8H16N2O3. The predicted octanol–water partition coefficient (Wildman–Crippen LogP) is 0.769. The van der Waals surface area contributed by atoms with Gasteiger partial charge < -0.3 is 10.1 Å².